The molecule has 0 aromatic rings. The third-order valence-electron chi connectivity index (χ3n) is 8.88. The van der Waals surface area contributed by atoms with E-state index in [0.29, 0.717) is 0 Å². The van der Waals surface area contributed by atoms with Crippen LogP contribution in [0.15, 0.2) is 0 Å². The van der Waals surface area contributed by atoms with Gasteiger partial charge in [-0.05, 0) is 81.2 Å². The van der Waals surface area contributed by atoms with E-state index in [1.807, 2.05) is 0 Å². The average Bonchev–Trinajstić information content (AvgIpc) is 3.03. The molecule has 0 aromatic heterocycles. The van der Waals surface area contributed by atoms with Crippen molar-refractivity contribution >= 4 is 7.82 Å². The number of phosphoric acid groups is 1. The second-order valence-electron chi connectivity index (χ2n) is 15.5. The van der Waals surface area contributed by atoms with Crippen LogP contribution in [-0.2, 0) is 4.57 Å². The zero-order chi connectivity index (χ0) is 38.6. The van der Waals surface area contributed by atoms with Crippen LogP contribution in [0.4, 0.5) is 0 Å². The second kappa shape index (κ2) is 49.0. The molecule has 0 aliphatic rings. The highest BCUT2D eigenvalue weighted by Gasteiger charge is 2.00. The van der Waals surface area contributed by atoms with Crippen molar-refractivity contribution in [3.05, 3.63) is 0 Å². The minimum atomic E-state index is -4.64. The number of hydrogen-bond acceptors (Lipinski definition) is 4. The fraction of sp³-hybridized carbons (Fsp3) is 1.00. The Labute approximate surface area is 316 Å². The largest absolute Gasteiger partial charge is 0.466 e. The fourth-order valence-electron chi connectivity index (χ4n) is 5.75. The standard InChI is InChI=1S/3C14H31N.H3O4P/c3*1-4-5-6-7-8-9-10-11-12-13-14-15(2)3;1-5(2,3)4/h3*4-14H2,1-3H3;(H3,1,2,3,4). The van der Waals surface area contributed by atoms with Crippen molar-refractivity contribution in [2.24, 2.45) is 0 Å². The van der Waals surface area contributed by atoms with Gasteiger partial charge in [0.15, 0.2) is 0 Å². The van der Waals surface area contributed by atoms with Gasteiger partial charge in [0.2, 0.25) is 0 Å². The van der Waals surface area contributed by atoms with Crippen LogP contribution >= 0.6 is 7.82 Å². The first kappa shape index (κ1) is 56.7. The lowest BCUT2D eigenvalue weighted by atomic mass is 10.1. The number of unbranched alkanes of at least 4 members (excludes halogenated alkanes) is 27. The van der Waals surface area contributed by atoms with Crippen LogP contribution < -0.4 is 0 Å². The third-order valence-corrected chi connectivity index (χ3v) is 8.88. The molecule has 0 unspecified atom stereocenters. The average molecular weight is 738 g/mol. The Kier molecular flexibility index (Phi) is 55.6. The quantitative estimate of drug-likeness (QED) is 0.0456. The Balaban J connectivity index is -0.000000296. The van der Waals surface area contributed by atoms with Crippen molar-refractivity contribution in [1.82, 2.24) is 14.7 Å². The Hall–Kier alpha value is -0.0100. The van der Waals surface area contributed by atoms with E-state index in [9.17, 15) is 0 Å². The van der Waals surface area contributed by atoms with Gasteiger partial charge in [-0.2, -0.15) is 0 Å². The van der Waals surface area contributed by atoms with Crippen LogP contribution in [0, 0.1) is 0 Å². The molecule has 0 bridgehead atoms. The van der Waals surface area contributed by atoms with E-state index in [2.05, 4.69) is 77.8 Å². The maximum atomic E-state index is 8.88. The maximum absolute atomic E-state index is 8.88. The lowest BCUT2D eigenvalue weighted by Crippen LogP contribution is -2.12. The number of nitrogens with zero attached hydrogens (tertiary/aromatic N) is 3. The minimum Gasteiger partial charge on any atom is -0.309 e. The van der Waals surface area contributed by atoms with Crippen LogP contribution in [0.5, 0.6) is 0 Å². The van der Waals surface area contributed by atoms with E-state index in [0.717, 1.165) is 0 Å². The van der Waals surface area contributed by atoms with Crippen molar-refractivity contribution in [2.45, 2.75) is 213 Å². The van der Waals surface area contributed by atoms with Crippen molar-refractivity contribution < 1.29 is 19.2 Å². The first-order valence-corrected chi connectivity index (χ1v) is 23.1. The highest BCUT2D eigenvalue weighted by Crippen LogP contribution is 2.25. The lowest BCUT2D eigenvalue weighted by molar-refractivity contribution is 0.275. The molecule has 0 aliphatic carbocycles. The first-order chi connectivity index (χ1) is 23.8. The predicted molar refractivity (Wildman–Crippen MR) is 225 cm³/mol. The molecule has 0 saturated heterocycles. The van der Waals surface area contributed by atoms with Gasteiger partial charge < -0.3 is 29.4 Å². The Morgan fingerprint density at radius 3 is 0.540 bits per heavy atom. The van der Waals surface area contributed by atoms with E-state index in [4.69, 9.17) is 19.2 Å². The SMILES string of the molecule is CCCCCCCCCCCCN(C)C.CCCCCCCCCCCCN(C)C.CCCCCCCCCCCCN(C)C.O=P(O)(O)O. The molecular weight excluding hydrogens is 641 g/mol. The summed E-state index contributed by atoms with van der Waals surface area (Å²) in [6.07, 6.45) is 43.1. The maximum Gasteiger partial charge on any atom is 0.466 e. The molecule has 0 aliphatic heterocycles. The molecule has 0 atom stereocenters. The molecule has 50 heavy (non-hydrogen) atoms. The van der Waals surface area contributed by atoms with Gasteiger partial charge >= 0.3 is 7.82 Å². The molecule has 0 rings (SSSR count). The highest BCUT2D eigenvalue weighted by atomic mass is 31.2. The fourth-order valence-corrected chi connectivity index (χ4v) is 5.75. The summed E-state index contributed by atoms with van der Waals surface area (Å²) < 4.78 is 8.88. The normalized spacial score (nSPS) is 11.3. The van der Waals surface area contributed by atoms with Gasteiger partial charge in [-0.1, -0.05) is 194 Å². The Bertz CT molecular complexity index is 543. The van der Waals surface area contributed by atoms with E-state index in [1.165, 1.54) is 212 Å². The second-order valence-corrected chi connectivity index (χ2v) is 16.5. The Morgan fingerprint density at radius 2 is 0.420 bits per heavy atom. The minimum absolute atomic E-state index is 1.26. The van der Waals surface area contributed by atoms with E-state index < -0.39 is 7.82 Å². The van der Waals surface area contributed by atoms with Gasteiger partial charge in [-0.3, -0.25) is 0 Å². The molecular formula is C42H96N3O4P. The number of rotatable bonds is 33. The van der Waals surface area contributed by atoms with Gasteiger partial charge in [-0.25, -0.2) is 4.57 Å². The van der Waals surface area contributed by atoms with Gasteiger partial charge in [0.05, 0.1) is 0 Å². The van der Waals surface area contributed by atoms with Crippen LogP contribution in [-0.4, -0.2) is 91.3 Å². The topological polar surface area (TPSA) is 87.5 Å². The Morgan fingerprint density at radius 1 is 0.300 bits per heavy atom. The van der Waals surface area contributed by atoms with Gasteiger partial charge in [0.25, 0.3) is 0 Å². The molecule has 0 aromatic carbocycles. The van der Waals surface area contributed by atoms with E-state index >= 15 is 0 Å². The molecule has 0 spiro atoms. The van der Waals surface area contributed by atoms with Gasteiger partial charge in [0.1, 0.15) is 0 Å². The summed E-state index contributed by atoms with van der Waals surface area (Å²) in [7, 11) is 8.32. The molecule has 0 fully saturated rings. The zero-order valence-electron chi connectivity index (χ0n) is 35.9. The molecule has 308 valence electrons. The molecule has 0 heterocycles. The van der Waals surface area contributed by atoms with Crippen LogP contribution in [0.2, 0.25) is 0 Å². The van der Waals surface area contributed by atoms with E-state index in [-0.39, 0.29) is 0 Å². The van der Waals surface area contributed by atoms with Gasteiger partial charge in [0, 0.05) is 0 Å². The number of hydrogen-bond donors (Lipinski definition) is 3. The smallest absolute Gasteiger partial charge is 0.309 e. The summed E-state index contributed by atoms with van der Waals surface area (Å²) in [5.41, 5.74) is 0. The van der Waals surface area contributed by atoms with Crippen LogP contribution in [0.25, 0.3) is 0 Å². The summed E-state index contributed by atoms with van der Waals surface area (Å²) in [6, 6.07) is 0. The lowest BCUT2D eigenvalue weighted by Gasteiger charge is -2.08. The summed E-state index contributed by atoms with van der Waals surface area (Å²) in [5, 5.41) is 0. The van der Waals surface area contributed by atoms with E-state index in [1.54, 1.807) is 0 Å². The third kappa shape index (κ3) is 81.8. The van der Waals surface area contributed by atoms with Crippen LogP contribution in [0.3, 0.4) is 0 Å². The first-order valence-electron chi connectivity index (χ1n) is 21.5. The molecule has 3 N–H and O–H groups in total. The molecule has 8 heteroatoms. The van der Waals surface area contributed by atoms with Crippen molar-refractivity contribution in [1.29, 1.82) is 0 Å². The van der Waals surface area contributed by atoms with Gasteiger partial charge in [-0.15, -0.1) is 0 Å². The predicted octanol–water partition coefficient (Wildman–Crippen LogP) is 12.5. The van der Waals surface area contributed by atoms with Crippen LogP contribution in [0.1, 0.15) is 213 Å². The monoisotopic (exact) mass is 738 g/mol. The molecule has 0 saturated carbocycles. The summed E-state index contributed by atoms with van der Waals surface area (Å²) in [4.78, 5) is 28.4. The summed E-state index contributed by atoms with van der Waals surface area (Å²) in [5.74, 6) is 0. The van der Waals surface area contributed by atoms with Crippen molar-refractivity contribution in [3.63, 3.8) is 0 Å². The summed E-state index contributed by atoms with van der Waals surface area (Å²) in [6.45, 7) is 10.6. The summed E-state index contributed by atoms with van der Waals surface area (Å²) >= 11 is 0. The molecule has 0 radical (unpaired) electrons. The molecule has 7 nitrogen and oxygen atoms in total. The highest BCUT2D eigenvalue weighted by molar-refractivity contribution is 7.45. The van der Waals surface area contributed by atoms with Crippen molar-refractivity contribution in [2.75, 3.05) is 61.9 Å². The molecule has 0 amide bonds. The van der Waals surface area contributed by atoms with Crippen molar-refractivity contribution in [3.8, 4) is 0 Å². The zero-order valence-corrected chi connectivity index (χ0v) is 36.8.